The molecule has 0 saturated carbocycles. The highest BCUT2D eigenvalue weighted by Gasteiger charge is 2.31. The van der Waals surface area contributed by atoms with E-state index in [4.69, 9.17) is 5.11 Å². The van der Waals surface area contributed by atoms with Gasteiger partial charge in [0, 0.05) is 25.2 Å². The van der Waals surface area contributed by atoms with Crippen LogP contribution in [-0.2, 0) is 0 Å². The molecule has 2 aliphatic heterocycles. The van der Waals surface area contributed by atoms with E-state index in [2.05, 4.69) is 5.32 Å². The fourth-order valence-corrected chi connectivity index (χ4v) is 2.16. The summed E-state index contributed by atoms with van der Waals surface area (Å²) in [6, 6.07) is 0.821. The lowest BCUT2D eigenvalue weighted by Crippen LogP contribution is -2.59. The molecule has 0 radical (unpaired) electrons. The van der Waals surface area contributed by atoms with E-state index in [-0.39, 0.29) is 0 Å². The minimum atomic E-state index is -0.770. The first-order valence-corrected chi connectivity index (χ1v) is 4.49. The van der Waals surface area contributed by atoms with Crippen molar-refractivity contribution in [3.63, 3.8) is 0 Å². The van der Waals surface area contributed by atoms with E-state index in [0.29, 0.717) is 25.2 Å². The minimum absolute atomic E-state index is 0.411. The third-order valence-electron chi connectivity index (χ3n) is 2.73. The number of piperazine rings is 1. The van der Waals surface area contributed by atoms with Crippen molar-refractivity contribution >= 4 is 6.09 Å². The van der Waals surface area contributed by atoms with Gasteiger partial charge < -0.3 is 15.3 Å². The molecule has 1 amide bonds. The van der Waals surface area contributed by atoms with E-state index in [1.807, 2.05) is 0 Å². The Hall–Kier alpha value is -0.770. The van der Waals surface area contributed by atoms with Crippen LogP contribution in [0.25, 0.3) is 0 Å². The van der Waals surface area contributed by atoms with Gasteiger partial charge in [-0.25, -0.2) is 4.79 Å². The molecule has 4 nitrogen and oxygen atoms in total. The minimum Gasteiger partial charge on any atom is -0.465 e. The fourth-order valence-electron chi connectivity index (χ4n) is 2.16. The van der Waals surface area contributed by atoms with Gasteiger partial charge in [-0.3, -0.25) is 0 Å². The standard InChI is InChI=1S/C8H14N2O2/c11-8(12)10-4-6-2-1-3-7(5-10)9-6/h6-7,9H,1-5H2,(H,11,12)/t6-,7+. The maximum Gasteiger partial charge on any atom is 0.407 e. The summed E-state index contributed by atoms with van der Waals surface area (Å²) in [6.45, 7) is 1.34. The summed E-state index contributed by atoms with van der Waals surface area (Å²) >= 11 is 0. The summed E-state index contributed by atoms with van der Waals surface area (Å²) < 4.78 is 0. The molecule has 12 heavy (non-hydrogen) atoms. The molecule has 2 atom stereocenters. The average Bonchev–Trinajstić information content (AvgIpc) is 2.03. The van der Waals surface area contributed by atoms with Crippen LogP contribution in [0.2, 0.25) is 0 Å². The van der Waals surface area contributed by atoms with Gasteiger partial charge in [-0.1, -0.05) is 6.42 Å². The van der Waals surface area contributed by atoms with Crippen molar-refractivity contribution < 1.29 is 9.90 Å². The molecule has 2 aliphatic rings. The highest BCUT2D eigenvalue weighted by molar-refractivity contribution is 5.65. The topological polar surface area (TPSA) is 52.6 Å². The first kappa shape index (κ1) is 7.86. The SMILES string of the molecule is O=C(O)N1C[C@H]2CCC[C@@H](C1)N2. The van der Waals surface area contributed by atoms with E-state index in [1.54, 1.807) is 0 Å². The maximum atomic E-state index is 10.7. The number of hydrogen-bond acceptors (Lipinski definition) is 2. The highest BCUT2D eigenvalue weighted by Crippen LogP contribution is 2.19. The van der Waals surface area contributed by atoms with Crippen molar-refractivity contribution in [3.05, 3.63) is 0 Å². The van der Waals surface area contributed by atoms with Gasteiger partial charge >= 0.3 is 6.09 Å². The maximum absolute atomic E-state index is 10.7. The second kappa shape index (κ2) is 2.94. The fraction of sp³-hybridized carbons (Fsp3) is 0.875. The molecule has 2 rings (SSSR count). The average molecular weight is 170 g/mol. The molecule has 0 aromatic rings. The Bertz CT molecular complexity index is 183. The second-order valence-electron chi connectivity index (χ2n) is 3.68. The van der Waals surface area contributed by atoms with Crippen LogP contribution in [0.3, 0.4) is 0 Å². The van der Waals surface area contributed by atoms with Crippen molar-refractivity contribution in [2.75, 3.05) is 13.1 Å². The summed E-state index contributed by atoms with van der Waals surface area (Å²) in [4.78, 5) is 12.2. The molecule has 2 bridgehead atoms. The Kier molecular flexibility index (Phi) is 1.92. The van der Waals surface area contributed by atoms with Gasteiger partial charge in [-0.15, -0.1) is 0 Å². The van der Waals surface area contributed by atoms with E-state index in [0.717, 1.165) is 12.8 Å². The lowest BCUT2D eigenvalue weighted by Gasteiger charge is -2.41. The molecule has 0 unspecified atom stereocenters. The molecule has 68 valence electrons. The number of rotatable bonds is 0. The molecule has 2 N–H and O–H groups in total. The summed E-state index contributed by atoms with van der Waals surface area (Å²) in [5.41, 5.74) is 0. The predicted molar refractivity (Wildman–Crippen MR) is 44.2 cm³/mol. The van der Waals surface area contributed by atoms with Gasteiger partial charge in [0.25, 0.3) is 0 Å². The van der Waals surface area contributed by atoms with Gasteiger partial charge in [0.05, 0.1) is 0 Å². The zero-order chi connectivity index (χ0) is 8.55. The molecule has 2 fully saturated rings. The van der Waals surface area contributed by atoms with Gasteiger partial charge in [-0.2, -0.15) is 0 Å². The van der Waals surface area contributed by atoms with Gasteiger partial charge in [-0.05, 0) is 12.8 Å². The molecule has 4 heteroatoms. The number of likely N-dealkylation sites (tertiary alicyclic amines) is 1. The summed E-state index contributed by atoms with van der Waals surface area (Å²) in [5, 5.41) is 12.2. The van der Waals surface area contributed by atoms with E-state index in [1.165, 1.54) is 11.3 Å². The molecular formula is C8H14N2O2. The highest BCUT2D eigenvalue weighted by atomic mass is 16.4. The molecule has 2 heterocycles. The third kappa shape index (κ3) is 1.39. The number of carboxylic acid groups (broad SMARTS) is 1. The lowest BCUT2D eigenvalue weighted by atomic mass is 9.94. The molecule has 0 spiro atoms. The Balaban J connectivity index is 2.00. The van der Waals surface area contributed by atoms with Crippen LogP contribution in [0, 0.1) is 0 Å². The number of piperidine rings is 1. The van der Waals surface area contributed by atoms with E-state index < -0.39 is 6.09 Å². The van der Waals surface area contributed by atoms with Crippen LogP contribution in [0.15, 0.2) is 0 Å². The number of fused-ring (bicyclic) bond motifs is 2. The number of nitrogens with one attached hydrogen (secondary N) is 1. The number of hydrogen-bond donors (Lipinski definition) is 2. The van der Waals surface area contributed by atoms with Crippen molar-refractivity contribution in [2.24, 2.45) is 0 Å². The van der Waals surface area contributed by atoms with Crippen LogP contribution in [-0.4, -0.2) is 41.3 Å². The van der Waals surface area contributed by atoms with Gasteiger partial charge in [0.1, 0.15) is 0 Å². The second-order valence-corrected chi connectivity index (χ2v) is 3.68. The quantitative estimate of drug-likeness (QED) is 0.556. The largest absolute Gasteiger partial charge is 0.465 e. The van der Waals surface area contributed by atoms with E-state index in [9.17, 15) is 4.79 Å². The van der Waals surface area contributed by atoms with Crippen molar-refractivity contribution in [2.45, 2.75) is 31.3 Å². The molecule has 2 saturated heterocycles. The summed E-state index contributed by atoms with van der Waals surface area (Å²) in [6.07, 6.45) is 2.73. The lowest BCUT2D eigenvalue weighted by molar-refractivity contribution is 0.0998. The van der Waals surface area contributed by atoms with Crippen LogP contribution >= 0.6 is 0 Å². The van der Waals surface area contributed by atoms with Gasteiger partial charge in [0.15, 0.2) is 0 Å². The molecular weight excluding hydrogens is 156 g/mol. The van der Waals surface area contributed by atoms with Crippen molar-refractivity contribution in [1.29, 1.82) is 0 Å². The van der Waals surface area contributed by atoms with Crippen LogP contribution in [0.5, 0.6) is 0 Å². The van der Waals surface area contributed by atoms with Crippen LogP contribution in [0.4, 0.5) is 4.79 Å². The first-order valence-electron chi connectivity index (χ1n) is 4.49. The Morgan fingerprint density at radius 2 is 1.92 bits per heavy atom. The Morgan fingerprint density at radius 1 is 1.33 bits per heavy atom. The predicted octanol–water partition coefficient (Wildman–Crippen LogP) is 0.491. The summed E-state index contributed by atoms with van der Waals surface area (Å²) in [5.74, 6) is 0. The monoisotopic (exact) mass is 170 g/mol. The smallest absolute Gasteiger partial charge is 0.407 e. The number of amides is 1. The normalized spacial score (nSPS) is 34.8. The first-order chi connectivity index (χ1) is 5.75. The third-order valence-corrected chi connectivity index (χ3v) is 2.73. The van der Waals surface area contributed by atoms with Crippen LogP contribution < -0.4 is 5.32 Å². The zero-order valence-electron chi connectivity index (χ0n) is 6.99. The zero-order valence-corrected chi connectivity index (χ0v) is 6.99. The van der Waals surface area contributed by atoms with E-state index >= 15 is 0 Å². The van der Waals surface area contributed by atoms with Crippen molar-refractivity contribution in [1.82, 2.24) is 10.2 Å². The van der Waals surface area contributed by atoms with Crippen molar-refractivity contribution in [3.8, 4) is 0 Å². The number of nitrogens with zero attached hydrogens (tertiary/aromatic N) is 1. The Labute approximate surface area is 71.5 Å². The van der Waals surface area contributed by atoms with Gasteiger partial charge in [0.2, 0.25) is 0 Å². The molecule has 0 aromatic heterocycles. The Morgan fingerprint density at radius 3 is 2.42 bits per heavy atom. The molecule has 0 aromatic carbocycles. The van der Waals surface area contributed by atoms with Crippen LogP contribution in [0.1, 0.15) is 19.3 Å². The molecule has 0 aliphatic carbocycles. The number of carbonyl (C=O) groups is 1. The summed E-state index contributed by atoms with van der Waals surface area (Å²) in [7, 11) is 0.